The first kappa shape index (κ1) is 14.8. The van der Waals surface area contributed by atoms with Crippen molar-refractivity contribution in [3.63, 3.8) is 0 Å². The van der Waals surface area contributed by atoms with Gasteiger partial charge in [0, 0.05) is 19.0 Å². The standard InChI is InChI=1S/C13H26N2OS/c1-11(2)14-7-3-4-13(16)15-10-12-5-8-17-9-6-12/h11-12,14H,3-10H2,1-2H3,(H,15,16). The van der Waals surface area contributed by atoms with Crippen LogP contribution in [0.15, 0.2) is 0 Å². The zero-order valence-electron chi connectivity index (χ0n) is 11.1. The molecule has 0 saturated carbocycles. The van der Waals surface area contributed by atoms with Gasteiger partial charge in [0.15, 0.2) is 0 Å². The Morgan fingerprint density at radius 3 is 2.71 bits per heavy atom. The summed E-state index contributed by atoms with van der Waals surface area (Å²) in [6.07, 6.45) is 4.12. The molecule has 1 rings (SSSR count). The van der Waals surface area contributed by atoms with Crippen molar-refractivity contribution in [2.75, 3.05) is 24.6 Å². The van der Waals surface area contributed by atoms with Gasteiger partial charge in [-0.05, 0) is 43.2 Å². The van der Waals surface area contributed by atoms with E-state index in [1.165, 1.54) is 24.3 Å². The molecule has 0 aromatic carbocycles. The van der Waals surface area contributed by atoms with Gasteiger partial charge in [-0.1, -0.05) is 13.8 Å². The maximum absolute atomic E-state index is 11.6. The Bertz CT molecular complexity index is 215. The van der Waals surface area contributed by atoms with Gasteiger partial charge in [0.1, 0.15) is 0 Å². The SMILES string of the molecule is CC(C)NCCCC(=O)NCC1CCSCC1. The fourth-order valence-corrected chi connectivity index (χ4v) is 3.14. The number of amides is 1. The molecule has 3 nitrogen and oxygen atoms in total. The molecule has 4 heteroatoms. The molecule has 0 aromatic heterocycles. The third-order valence-corrected chi connectivity index (χ3v) is 4.11. The van der Waals surface area contributed by atoms with E-state index in [9.17, 15) is 4.79 Å². The van der Waals surface area contributed by atoms with Crippen LogP contribution in [0.3, 0.4) is 0 Å². The summed E-state index contributed by atoms with van der Waals surface area (Å²) < 4.78 is 0. The minimum Gasteiger partial charge on any atom is -0.356 e. The minimum atomic E-state index is 0.216. The van der Waals surface area contributed by atoms with E-state index >= 15 is 0 Å². The molecule has 17 heavy (non-hydrogen) atoms. The number of hydrogen-bond donors (Lipinski definition) is 2. The van der Waals surface area contributed by atoms with E-state index in [4.69, 9.17) is 0 Å². The van der Waals surface area contributed by atoms with Gasteiger partial charge in [-0.2, -0.15) is 11.8 Å². The van der Waals surface area contributed by atoms with Crippen molar-refractivity contribution in [1.29, 1.82) is 0 Å². The van der Waals surface area contributed by atoms with Crippen LogP contribution in [-0.4, -0.2) is 36.5 Å². The molecule has 1 fully saturated rings. The van der Waals surface area contributed by atoms with Crippen molar-refractivity contribution in [3.8, 4) is 0 Å². The molecule has 0 atom stereocenters. The van der Waals surface area contributed by atoms with Gasteiger partial charge in [0.25, 0.3) is 0 Å². The molecule has 100 valence electrons. The molecule has 0 bridgehead atoms. The Morgan fingerprint density at radius 2 is 2.06 bits per heavy atom. The van der Waals surface area contributed by atoms with Crippen molar-refractivity contribution in [1.82, 2.24) is 10.6 Å². The Morgan fingerprint density at radius 1 is 1.35 bits per heavy atom. The maximum atomic E-state index is 11.6. The summed E-state index contributed by atoms with van der Waals surface area (Å²) in [5.74, 6) is 3.46. The van der Waals surface area contributed by atoms with Gasteiger partial charge in [-0.25, -0.2) is 0 Å². The van der Waals surface area contributed by atoms with Gasteiger partial charge in [-0.15, -0.1) is 0 Å². The van der Waals surface area contributed by atoms with Crippen molar-refractivity contribution in [3.05, 3.63) is 0 Å². The molecule has 1 aliphatic rings. The zero-order valence-corrected chi connectivity index (χ0v) is 11.9. The Kier molecular flexibility index (Phi) is 7.69. The van der Waals surface area contributed by atoms with Crippen LogP contribution in [0.4, 0.5) is 0 Å². The number of thioether (sulfide) groups is 1. The summed E-state index contributed by atoms with van der Waals surface area (Å²) in [6, 6.07) is 0.512. The Labute approximate surface area is 109 Å². The van der Waals surface area contributed by atoms with Crippen LogP contribution in [0.5, 0.6) is 0 Å². The van der Waals surface area contributed by atoms with Crippen LogP contribution in [0.2, 0.25) is 0 Å². The molecule has 0 aromatic rings. The lowest BCUT2D eigenvalue weighted by Crippen LogP contribution is -2.31. The highest BCUT2D eigenvalue weighted by Gasteiger charge is 2.14. The average molecular weight is 258 g/mol. The topological polar surface area (TPSA) is 41.1 Å². The first-order chi connectivity index (χ1) is 8.18. The quantitative estimate of drug-likeness (QED) is 0.687. The second-order valence-corrected chi connectivity index (χ2v) is 6.30. The molecule has 1 heterocycles. The number of carbonyl (C=O) groups is 1. The fraction of sp³-hybridized carbons (Fsp3) is 0.923. The molecule has 1 saturated heterocycles. The van der Waals surface area contributed by atoms with Gasteiger partial charge in [0.05, 0.1) is 0 Å². The molecule has 0 radical (unpaired) electrons. The third kappa shape index (κ3) is 7.66. The molecular formula is C13H26N2OS. The highest BCUT2D eigenvalue weighted by atomic mass is 32.2. The van der Waals surface area contributed by atoms with Crippen molar-refractivity contribution in [2.45, 2.75) is 45.6 Å². The molecule has 1 aliphatic heterocycles. The van der Waals surface area contributed by atoms with E-state index < -0.39 is 0 Å². The first-order valence-corrected chi connectivity index (χ1v) is 7.91. The number of nitrogens with one attached hydrogen (secondary N) is 2. The summed E-state index contributed by atoms with van der Waals surface area (Å²) in [5.41, 5.74) is 0. The average Bonchev–Trinajstić information content (AvgIpc) is 2.33. The maximum Gasteiger partial charge on any atom is 0.220 e. The normalized spacial score (nSPS) is 17.4. The van der Waals surface area contributed by atoms with E-state index in [-0.39, 0.29) is 5.91 Å². The number of rotatable bonds is 7. The van der Waals surface area contributed by atoms with Crippen molar-refractivity contribution in [2.24, 2.45) is 5.92 Å². The number of hydrogen-bond acceptors (Lipinski definition) is 3. The first-order valence-electron chi connectivity index (χ1n) is 6.76. The molecule has 0 unspecified atom stereocenters. The van der Waals surface area contributed by atoms with Gasteiger partial charge >= 0.3 is 0 Å². The van der Waals surface area contributed by atoms with Crippen molar-refractivity contribution >= 4 is 17.7 Å². The highest BCUT2D eigenvalue weighted by Crippen LogP contribution is 2.21. The number of carbonyl (C=O) groups excluding carboxylic acids is 1. The third-order valence-electron chi connectivity index (χ3n) is 3.06. The summed E-state index contributed by atoms with van der Waals surface area (Å²) in [4.78, 5) is 11.6. The molecule has 1 amide bonds. The van der Waals surface area contributed by atoms with E-state index in [1.54, 1.807) is 0 Å². The van der Waals surface area contributed by atoms with Crippen LogP contribution >= 0.6 is 11.8 Å². The lowest BCUT2D eigenvalue weighted by molar-refractivity contribution is -0.121. The second-order valence-electron chi connectivity index (χ2n) is 5.07. The predicted octanol–water partition coefficient (Wildman–Crippen LogP) is 2.02. The largest absolute Gasteiger partial charge is 0.356 e. The minimum absolute atomic E-state index is 0.216. The van der Waals surface area contributed by atoms with Crippen LogP contribution in [-0.2, 0) is 4.79 Å². The predicted molar refractivity (Wildman–Crippen MR) is 75.4 cm³/mol. The Balaban J connectivity index is 1.96. The van der Waals surface area contributed by atoms with E-state index in [0.717, 1.165) is 19.5 Å². The van der Waals surface area contributed by atoms with Crippen LogP contribution in [0.25, 0.3) is 0 Å². The van der Waals surface area contributed by atoms with Gasteiger partial charge in [0.2, 0.25) is 5.91 Å². The van der Waals surface area contributed by atoms with E-state index in [1.807, 2.05) is 11.8 Å². The summed E-state index contributed by atoms with van der Waals surface area (Å²) in [5, 5.41) is 6.39. The molecule has 0 aliphatic carbocycles. The molecule has 0 spiro atoms. The van der Waals surface area contributed by atoms with E-state index in [0.29, 0.717) is 18.4 Å². The smallest absolute Gasteiger partial charge is 0.220 e. The van der Waals surface area contributed by atoms with Crippen LogP contribution in [0, 0.1) is 5.92 Å². The van der Waals surface area contributed by atoms with Gasteiger partial charge in [-0.3, -0.25) is 4.79 Å². The summed E-state index contributed by atoms with van der Waals surface area (Å²) in [7, 11) is 0. The van der Waals surface area contributed by atoms with Gasteiger partial charge < -0.3 is 10.6 Å². The highest BCUT2D eigenvalue weighted by molar-refractivity contribution is 7.99. The zero-order chi connectivity index (χ0) is 12.5. The summed E-state index contributed by atoms with van der Waals surface area (Å²) in [6.45, 7) is 6.07. The molecular weight excluding hydrogens is 232 g/mol. The van der Waals surface area contributed by atoms with Crippen LogP contribution in [0.1, 0.15) is 39.5 Å². The monoisotopic (exact) mass is 258 g/mol. The second kappa shape index (κ2) is 8.81. The molecule has 2 N–H and O–H groups in total. The fourth-order valence-electron chi connectivity index (χ4n) is 1.94. The van der Waals surface area contributed by atoms with Crippen molar-refractivity contribution < 1.29 is 4.79 Å². The lowest BCUT2D eigenvalue weighted by atomic mass is 10.0. The summed E-state index contributed by atoms with van der Waals surface area (Å²) >= 11 is 2.03. The van der Waals surface area contributed by atoms with Crippen LogP contribution < -0.4 is 10.6 Å². The lowest BCUT2D eigenvalue weighted by Gasteiger charge is -2.21. The Hall–Kier alpha value is -0.220. The van der Waals surface area contributed by atoms with E-state index in [2.05, 4.69) is 24.5 Å².